The Hall–Kier alpha value is -3.13. The minimum atomic E-state index is -0.434. The first-order valence-corrected chi connectivity index (χ1v) is 10.3. The molecule has 8 heteroatoms. The molecule has 3 aromatic rings. The smallest absolute Gasteiger partial charge is 0.255 e. The number of amides is 1. The molecule has 0 bridgehead atoms. The summed E-state index contributed by atoms with van der Waals surface area (Å²) in [6.07, 6.45) is 1.48. The Labute approximate surface area is 183 Å². The number of fused-ring (bicyclic) bond motifs is 1. The molecule has 1 amide bonds. The lowest BCUT2D eigenvalue weighted by Gasteiger charge is -2.29. The molecule has 30 heavy (non-hydrogen) atoms. The quantitative estimate of drug-likeness (QED) is 0.586. The molecule has 154 valence electrons. The number of aryl methyl sites for hydroxylation is 2. The lowest BCUT2D eigenvalue weighted by atomic mass is 9.94. The normalized spacial score (nSPS) is 15.4. The minimum Gasteiger partial charge on any atom is -0.496 e. The van der Waals surface area contributed by atoms with Crippen LogP contribution in [0.15, 0.2) is 58.5 Å². The molecule has 1 unspecified atom stereocenters. The predicted molar refractivity (Wildman–Crippen MR) is 120 cm³/mol. The third-order valence-corrected chi connectivity index (χ3v) is 5.78. The maximum atomic E-state index is 13.4. The summed E-state index contributed by atoms with van der Waals surface area (Å²) >= 11 is 3.54. The van der Waals surface area contributed by atoms with Crippen molar-refractivity contribution in [2.45, 2.75) is 26.8 Å². The van der Waals surface area contributed by atoms with Gasteiger partial charge in [-0.15, -0.1) is 0 Å². The SMILES string of the molecule is COc1ccc(C2C(C(=O)Nc3ccc(C)cc3C)=C(C)Nc3ncnn32)cc1Br. The topological polar surface area (TPSA) is 81.1 Å². The molecule has 2 aromatic carbocycles. The van der Waals surface area contributed by atoms with E-state index in [1.54, 1.807) is 11.8 Å². The number of methoxy groups -OCH3 is 1. The monoisotopic (exact) mass is 467 g/mol. The second-order valence-electron chi connectivity index (χ2n) is 7.26. The summed E-state index contributed by atoms with van der Waals surface area (Å²) in [4.78, 5) is 17.7. The fourth-order valence-electron chi connectivity index (χ4n) is 3.69. The van der Waals surface area contributed by atoms with Gasteiger partial charge in [-0.1, -0.05) is 23.8 Å². The fourth-order valence-corrected chi connectivity index (χ4v) is 4.25. The Morgan fingerprint density at radius 1 is 1.20 bits per heavy atom. The highest BCUT2D eigenvalue weighted by atomic mass is 79.9. The summed E-state index contributed by atoms with van der Waals surface area (Å²) in [6.45, 7) is 5.89. The second kappa shape index (κ2) is 7.95. The minimum absolute atomic E-state index is 0.190. The van der Waals surface area contributed by atoms with Crippen molar-refractivity contribution in [3.05, 3.63) is 75.2 Å². The molecule has 4 rings (SSSR count). The summed E-state index contributed by atoms with van der Waals surface area (Å²) < 4.78 is 7.87. The van der Waals surface area contributed by atoms with E-state index >= 15 is 0 Å². The van der Waals surface area contributed by atoms with Crippen LogP contribution in [0.25, 0.3) is 0 Å². The number of halogens is 1. The van der Waals surface area contributed by atoms with Crippen LogP contribution >= 0.6 is 15.9 Å². The molecule has 0 fully saturated rings. The number of nitrogens with one attached hydrogen (secondary N) is 2. The number of ether oxygens (including phenoxy) is 1. The Morgan fingerprint density at radius 3 is 2.70 bits per heavy atom. The Morgan fingerprint density at radius 2 is 2.00 bits per heavy atom. The molecule has 0 saturated carbocycles. The lowest BCUT2D eigenvalue weighted by molar-refractivity contribution is -0.113. The zero-order valence-electron chi connectivity index (χ0n) is 17.2. The zero-order chi connectivity index (χ0) is 21.4. The molecule has 1 aliphatic heterocycles. The standard InChI is InChI=1S/C22H22BrN5O2/c1-12-5-7-17(13(2)9-12)27-21(29)19-14(3)26-22-24-11-25-28(22)20(19)15-6-8-18(30-4)16(23)10-15/h5-11,20H,1-4H3,(H,27,29)(H,24,25,26). The molecule has 0 aliphatic carbocycles. The van der Waals surface area contributed by atoms with Gasteiger partial charge in [0.1, 0.15) is 18.1 Å². The van der Waals surface area contributed by atoms with Crippen molar-refractivity contribution < 1.29 is 9.53 Å². The average molecular weight is 468 g/mol. The Kier molecular flexibility index (Phi) is 5.34. The van der Waals surface area contributed by atoms with Crippen molar-refractivity contribution in [1.82, 2.24) is 14.8 Å². The van der Waals surface area contributed by atoms with Crippen LogP contribution < -0.4 is 15.4 Å². The van der Waals surface area contributed by atoms with Gasteiger partial charge in [-0.25, -0.2) is 4.68 Å². The molecule has 0 radical (unpaired) electrons. The van der Waals surface area contributed by atoms with Gasteiger partial charge in [0.15, 0.2) is 0 Å². The van der Waals surface area contributed by atoms with Crippen LogP contribution in [-0.4, -0.2) is 27.8 Å². The number of hydrogen-bond acceptors (Lipinski definition) is 5. The van der Waals surface area contributed by atoms with Gasteiger partial charge < -0.3 is 15.4 Å². The summed E-state index contributed by atoms with van der Waals surface area (Å²) in [5.74, 6) is 1.12. The van der Waals surface area contributed by atoms with E-state index in [1.807, 2.05) is 57.2 Å². The molecule has 1 aromatic heterocycles. The van der Waals surface area contributed by atoms with Gasteiger partial charge in [0.05, 0.1) is 17.2 Å². The number of hydrogen-bond donors (Lipinski definition) is 2. The van der Waals surface area contributed by atoms with Crippen LogP contribution in [-0.2, 0) is 4.79 Å². The predicted octanol–water partition coefficient (Wildman–Crippen LogP) is 4.59. The number of nitrogens with zero attached hydrogens (tertiary/aromatic N) is 3. The first-order valence-electron chi connectivity index (χ1n) is 9.48. The first-order chi connectivity index (χ1) is 14.4. The van der Waals surface area contributed by atoms with Gasteiger partial charge in [-0.2, -0.15) is 10.1 Å². The van der Waals surface area contributed by atoms with Gasteiger partial charge in [-0.3, -0.25) is 4.79 Å². The summed E-state index contributed by atoms with van der Waals surface area (Å²) in [6, 6.07) is 11.3. The van der Waals surface area contributed by atoms with Crippen molar-refractivity contribution in [2.75, 3.05) is 17.7 Å². The van der Waals surface area contributed by atoms with Crippen molar-refractivity contribution in [3.63, 3.8) is 0 Å². The van der Waals surface area contributed by atoms with Gasteiger partial charge in [0.25, 0.3) is 5.91 Å². The molecule has 7 nitrogen and oxygen atoms in total. The number of anilines is 2. The van der Waals surface area contributed by atoms with E-state index in [-0.39, 0.29) is 5.91 Å². The zero-order valence-corrected chi connectivity index (χ0v) is 18.7. The Balaban J connectivity index is 1.77. The van der Waals surface area contributed by atoms with Crippen molar-refractivity contribution in [3.8, 4) is 5.75 Å². The van der Waals surface area contributed by atoms with Crippen molar-refractivity contribution in [2.24, 2.45) is 0 Å². The van der Waals surface area contributed by atoms with Crippen LogP contribution in [0, 0.1) is 13.8 Å². The fraction of sp³-hybridized carbons (Fsp3) is 0.227. The number of benzene rings is 2. The third kappa shape index (κ3) is 3.59. The highest BCUT2D eigenvalue weighted by molar-refractivity contribution is 9.10. The largest absolute Gasteiger partial charge is 0.496 e. The van der Waals surface area contributed by atoms with Crippen LogP contribution in [0.4, 0.5) is 11.6 Å². The molecule has 1 aliphatic rings. The van der Waals surface area contributed by atoms with Gasteiger partial charge in [-0.05, 0) is 66.0 Å². The second-order valence-corrected chi connectivity index (χ2v) is 8.12. The Bertz CT molecular complexity index is 1170. The third-order valence-electron chi connectivity index (χ3n) is 5.16. The molecule has 1 atom stereocenters. The highest BCUT2D eigenvalue weighted by Crippen LogP contribution is 2.38. The van der Waals surface area contributed by atoms with Crippen LogP contribution in [0.2, 0.25) is 0 Å². The van der Waals surface area contributed by atoms with Crippen molar-refractivity contribution >= 4 is 33.5 Å². The highest BCUT2D eigenvalue weighted by Gasteiger charge is 2.33. The van der Waals surface area contributed by atoms with E-state index in [2.05, 4.69) is 36.6 Å². The first kappa shape index (κ1) is 20.2. The molecule has 2 N–H and O–H groups in total. The van der Waals surface area contributed by atoms with E-state index in [0.717, 1.165) is 32.5 Å². The van der Waals surface area contributed by atoms with Crippen LogP contribution in [0.3, 0.4) is 0 Å². The number of rotatable bonds is 4. The van der Waals surface area contributed by atoms with Gasteiger partial charge >= 0.3 is 0 Å². The average Bonchev–Trinajstić information content (AvgIpc) is 3.16. The van der Waals surface area contributed by atoms with E-state index < -0.39 is 6.04 Å². The van der Waals surface area contributed by atoms with Gasteiger partial charge in [0.2, 0.25) is 5.95 Å². The molecule has 2 heterocycles. The summed E-state index contributed by atoms with van der Waals surface area (Å²) in [5.41, 5.74) is 5.13. The summed E-state index contributed by atoms with van der Waals surface area (Å²) in [7, 11) is 1.62. The molecule has 0 spiro atoms. The number of carbonyl (C=O) groups is 1. The molecular weight excluding hydrogens is 446 g/mol. The van der Waals surface area contributed by atoms with E-state index in [0.29, 0.717) is 17.3 Å². The van der Waals surface area contributed by atoms with Gasteiger partial charge in [0, 0.05) is 11.4 Å². The molecule has 0 saturated heterocycles. The van der Waals surface area contributed by atoms with E-state index in [4.69, 9.17) is 4.74 Å². The van der Waals surface area contributed by atoms with Crippen molar-refractivity contribution in [1.29, 1.82) is 0 Å². The van der Waals surface area contributed by atoms with Crippen LogP contribution in [0.1, 0.15) is 29.7 Å². The van der Waals surface area contributed by atoms with E-state index in [1.165, 1.54) is 6.33 Å². The maximum Gasteiger partial charge on any atom is 0.255 e. The number of allylic oxidation sites excluding steroid dienone is 1. The van der Waals surface area contributed by atoms with Crippen LogP contribution in [0.5, 0.6) is 5.75 Å². The lowest BCUT2D eigenvalue weighted by Crippen LogP contribution is -2.31. The number of carbonyl (C=O) groups excluding carboxylic acids is 1. The van der Waals surface area contributed by atoms with E-state index in [9.17, 15) is 4.79 Å². The maximum absolute atomic E-state index is 13.4. The number of aromatic nitrogens is 3. The summed E-state index contributed by atoms with van der Waals surface area (Å²) in [5, 5.41) is 10.6. The molecular formula is C22H22BrN5O2.